The molecule has 1 amide bonds. The second kappa shape index (κ2) is 7.64. The lowest BCUT2D eigenvalue weighted by molar-refractivity contribution is 0.102. The molecular weight excluding hydrogens is 274 g/mol. The van der Waals surface area contributed by atoms with Gasteiger partial charge in [0.15, 0.2) is 0 Å². The van der Waals surface area contributed by atoms with Gasteiger partial charge in [-0.05, 0) is 61.7 Å². The molecule has 0 saturated carbocycles. The third-order valence-corrected chi connectivity index (χ3v) is 3.52. The quantitative estimate of drug-likeness (QED) is 0.782. The predicted octanol–water partition coefficient (Wildman–Crippen LogP) is 4.73. The molecule has 116 valence electrons. The van der Waals surface area contributed by atoms with E-state index < -0.39 is 0 Å². The van der Waals surface area contributed by atoms with E-state index in [1.54, 1.807) is 12.1 Å². The van der Waals surface area contributed by atoms with Crippen molar-refractivity contribution >= 4 is 11.6 Å². The molecule has 2 aromatic rings. The molecule has 0 atom stereocenters. The number of carbonyl (C=O) groups excluding carboxylic acids is 1. The first-order valence-corrected chi connectivity index (χ1v) is 7.71. The highest BCUT2D eigenvalue weighted by atomic mass is 16.5. The number of anilines is 1. The molecule has 0 unspecified atom stereocenters. The number of hydrogen-bond donors (Lipinski definition) is 1. The van der Waals surface area contributed by atoms with E-state index in [-0.39, 0.29) is 5.91 Å². The van der Waals surface area contributed by atoms with Gasteiger partial charge in [-0.1, -0.05) is 25.5 Å². The van der Waals surface area contributed by atoms with E-state index in [2.05, 4.69) is 12.2 Å². The van der Waals surface area contributed by atoms with Gasteiger partial charge in [-0.15, -0.1) is 0 Å². The van der Waals surface area contributed by atoms with E-state index in [0.29, 0.717) is 12.2 Å². The van der Waals surface area contributed by atoms with Gasteiger partial charge in [0.2, 0.25) is 0 Å². The van der Waals surface area contributed by atoms with Crippen molar-refractivity contribution in [1.29, 1.82) is 0 Å². The fourth-order valence-electron chi connectivity index (χ4n) is 2.10. The lowest BCUT2D eigenvalue weighted by atomic mass is 10.1. The molecule has 1 N–H and O–H groups in total. The lowest BCUT2D eigenvalue weighted by Crippen LogP contribution is -2.12. The fourth-order valence-corrected chi connectivity index (χ4v) is 2.10. The van der Waals surface area contributed by atoms with Crippen LogP contribution in [0.3, 0.4) is 0 Å². The summed E-state index contributed by atoms with van der Waals surface area (Å²) >= 11 is 0. The number of rotatable bonds is 6. The third kappa shape index (κ3) is 4.35. The zero-order chi connectivity index (χ0) is 15.9. The van der Waals surface area contributed by atoms with E-state index in [9.17, 15) is 4.79 Å². The van der Waals surface area contributed by atoms with Crippen LogP contribution in [0.15, 0.2) is 42.5 Å². The molecule has 0 fully saturated rings. The van der Waals surface area contributed by atoms with Crippen LogP contribution in [0.5, 0.6) is 5.75 Å². The molecule has 3 nitrogen and oxygen atoms in total. The minimum Gasteiger partial charge on any atom is -0.494 e. The van der Waals surface area contributed by atoms with Crippen LogP contribution >= 0.6 is 0 Å². The normalized spacial score (nSPS) is 10.3. The van der Waals surface area contributed by atoms with Crippen molar-refractivity contribution in [2.75, 3.05) is 11.9 Å². The van der Waals surface area contributed by atoms with Crippen LogP contribution in [0.25, 0.3) is 0 Å². The van der Waals surface area contributed by atoms with E-state index in [4.69, 9.17) is 4.74 Å². The minimum atomic E-state index is -0.103. The maximum absolute atomic E-state index is 12.3. The van der Waals surface area contributed by atoms with Crippen LogP contribution in [-0.2, 0) is 0 Å². The Morgan fingerprint density at radius 2 is 1.82 bits per heavy atom. The Kier molecular flexibility index (Phi) is 5.59. The number of unbranched alkanes of at least 4 members (excludes halogenated alkanes) is 1. The van der Waals surface area contributed by atoms with Crippen molar-refractivity contribution in [3.05, 3.63) is 59.2 Å². The number of nitrogens with one attached hydrogen (secondary N) is 1. The van der Waals surface area contributed by atoms with Crippen molar-refractivity contribution in [1.82, 2.24) is 0 Å². The summed E-state index contributed by atoms with van der Waals surface area (Å²) < 4.78 is 5.60. The third-order valence-electron chi connectivity index (χ3n) is 3.52. The van der Waals surface area contributed by atoms with Crippen LogP contribution in [0, 0.1) is 13.8 Å². The number of carbonyl (C=O) groups is 1. The van der Waals surface area contributed by atoms with Crippen LogP contribution in [0.1, 0.15) is 41.3 Å². The van der Waals surface area contributed by atoms with Gasteiger partial charge in [-0.2, -0.15) is 0 Å². The zero-order valence-corrected chi connectivity index (χ0v) is 13.5. The van der Waals surface area contributed by atoms with Gasteiger partial charge in [0.05, 0.1) is 6.61 Å². The topological polar surface area (TPSA) is 38.3 Å². The first-order chi connectivity index (χ1) is 10.6. The second-order valence-electron chi connectivity index (χ2n) is 5.50. The highest BCUT2D eigenvalue weighted by molar-refractivity contribution is 6.04. The maximum atomic E-state index is 12.3. The van der Waals surface area contributed by atoms with Crippen molar-refractivity contribution < 1.29 is 9.53 Å². The lowest BCUT2D eigenvalue weighted by Gasteiger charge is -2.10. The fraction of sp³-hybridized carbons (Fsp3) is 0.316. The van der Waals surface area contributed by atoms with E-state index in [1.165, 1.54) is 0 Å². The molecule has 0 saturated heterocycles. The standard InChI is InChI=1S/C19H23NO2/c1-4-5-12-22-17-10-8-16(9-11-17)19(21)20-18-13-14(2)6-7-15(18)3/h6-11,13H,4-5,12H2,1-3H3,(H,20,21). The van der Waals surface area contributed by atoms with Gasteiger partial charge in [0.25, 0.3) is 5.91 Å². The highest BCUT2D eigenvalue weighted by Gasteiger charge is 2.08. The van der Waals surface area contributed by atoms with Crippen LogP contribution in [0.2, 0.25) is 0 Å². The average molecular weight is 297 g/mol. The van der Waals surface area contributed by atoms with Crippen molar-refractivity contribution in [2.45, 2.75) is 33.6 Å². The summed E-state index contributed by atoms with van der Waals surface area (Å²) in [7, 11) is 0. The molecule has 0 spiro atoms. The Morgan fingerprint density at radius 1 is 1.09 bits per heavy atom. The van der Waals surface area contributed by atoms with Crippen LogP contribution < -0.4 is 10.1 Å². The molecule has 0 heterocycles. The molecule has 0 aromatic heterocycles. The first-order valence-electron chi connectivity index (χ1n) is 7.71. The molecule has 0 aliphatic carbocycles. The first kappa shape index (κ1) is 16.1. The number of amides is 1. The van der Waals surface area contributed by atoms with Gasteiger partial charge >= 0.3 is 0 Å². The van der Waals surface area contributed by atoms with Gasteiger partial charge in [-0.25, -0.2) is 0 Å². The second-order valence-corrected chi connectivity index (χ2v) is 5.50. The molecular formula is C19H23NO2. The molecule has 0 radical (unpaired) electrons. The SMILES string of the molecule is CCCCOc1ccc(C(=O)Nc2cc(C)ccc2C)cc1. The summed E-state index contributed by atoms with van der Waals surface area (Å²) in [6, 6.07) is 13.3. The Bertz CT molecular complexity index is 632. The minimum absolute atomic E-state index is 0.103. The van der Waals surface area contributed by atoms with Gasteiger partial charge in [0, 0.05) is 11.3 Å². The number of hydrogen-bond acceptors (Lipinski definition) is 2. The summed E-state index contributed by atoms with van der Waals surface area (Å²) in [5.74, 6) is 0.700. The summed E-state index contributed by atoms with van der Waals surface area (Å²) in [5.41, 5.74) is 3.66. The Balaban J connectivity index is 2.02. The van der Waals surface area contributed by atoms with Gasteiger partial charge in [-0.3, -0.25) is 4.79 Å². The summed E-state index contributed by atoms with van der Waals surface area (Å²) in [6.45, 7) is 6.84. The van der Waals surface area contributed by atoms with Gasteiger partial charge in [0.1, 0.15) is 5.75 Å². The number of ether oxygens (including phenoxy) is 1. The van der Waals surface area contributed by atoms with Crippen LogP contribution in [-0.4, -0.2) is 12.5 Å². The monoisotopic (exact) mass is 297 g/mol. The zero-order valence-electron chi connectivity index (χ0n) is 13.5. The smallest absolute Gasteiger partial charge is 0.255 e. The number of benzene rings is 2. The predicted molar refractivity (Wildman–Crippen MR) is 90.7 cm³/mol. The van der Waals surface area contributed by atoms with Crippen molar-refractivity contribution in [2.24, 2.45) is 0 Å². The molecule has 0 aliphatic rings. The Labute approximate surface area is 132 Å². The summed E-state index contributed by atoms with van der Waals surface area (Å²) in [4.78, 5) is 12.3. The Hall–Kier alpha value is -2.29. The molecule has 2 rings (SSSR count). The molecule has 22 heavy (non-hydrogen) atoms. The van der Waals surface area contributed by atoms with E-state index in [0.717, 1.165) is 35.4 Å². The van der Waals surface area contributed by atoms with Crippen molar-refractivity contribution in [3.63, 3.8) is 0 Å². The van der Waals surface area contributed by atoms with Gasteiger partial charge < -0.3 is 10.1 Å². The van der Waals surface area contributed by atoms with E-state index >= 15 is 0 Å². The summed E-state index contributed by atoms with van der Waals surface area (Å²) in [6.07, 6.45) is 2.14. The molecule has 2 aromatic carbocycles. The van der Waals surface area contributed by atoms with E-state index in [1.807, 2.05) is 44.2 Å². The maximum Gasteiger partial charge on any atom is 0.255 e. The average Bonchev–Trinajstić information content (AvgIpc) is 2.52. The highest BCUT2D eigenvalue weighted by Crippen LogP contribution is 2.18. The molecule has 3 heteroatoms. The summed E-state index contributed by atoms with van der Waals surface area (Å²) in [5, 5.41) is 2.96. The molecule has 0 bridgehead atoms. The van der Waals surface area contributed by atoms with Crippen molar-refractivity contribution in [3.8, 4) is 5.75 Å². The number of aryl methyl sites for hydroxylation is 2. The largest absolute Gasteiger partial charge is 0.494 e. The molecule has 0 aliphatic heterocycles. The Morgan fingerprint density at radius 3 is 2.50 bits per heavy atom. The van der Waals surface area contributed by atoms with Crippen LogP contribution in [0.4, 0.5) is 5.69 Å².